The van der Waals surface area contributed by atoms with Gasteiger partial charge < -0.3 is 9.84 Å². The third-order valence-electron chi connectivity index (χ3n) is 2.82. The van der Waals surface area contributed by atoms with Crippen molar-refractivity contribution in [1.82, 2.24) is 10.1 Å². The van der Waals surface area contributed by atoms with E-state index < -0.39 is 0 Å². The van der Waals surface area contributed by atoms with Gasteiger partial charge in [0.2, 0.25) is 5.82 Å². The Morgan fingerprint density at radius 2 is 1.75 bits per heavy atom. The fourth-order valence-electron chi connectivity index (χ4n) is 1.78. The van der Waals surface area contributed by atoms with E-state index in [2.05, 4.69) is 15.5 Å². The van der Waals surface area contributed by atoms with E-state index in [1.807, 2.05) is 54.6 Å². The van der Waals surface area contributed by atoms with Crippen LogP contribution in [-0.4, -0.2) is 10.1 Å². The largest absolute Gasteiger partial charge is 0.334 e. The van der Waals surface area contributed by atoms with Crippen molar-refractivity contribution in [3.63, 3.8) is 0 Å². The van der Waals surface area contributed by atoms with Crippen LogP contribution in [0.3, 0.4) is 0 Å². The molecule has 20 heavy (non-hydrogen) atoms. The minimum Gasteiger partial charge on any atom is -0.334 e. The molecule has 100 valence electrons. The van der Waals surface area contributed by atoms with E-state index in [0.29, 0.717) is 18.4 Å². The molecule has 0 radical (unpaired) electrons. The SMILES string of the molecule is Clc1ccc(CNc2nc(-c3ccccc3)no2)cc1. The lowest BCUT2D eigenvalue weighted by atomic mass is 10.2. The standard InChI is InChI=1S/C15H12ClN3O/c16-13-8-6-11(7-9-13)10-17-15-18-14(19-20-15)12-4-2-1-3-5-12/h1-9H,10H2,(H,17,18,19). The molecule has 0 aliphatic rings. The van der Waals surface area contributed by atoms with Gasteiger partial charge in [0, 0.05) is 17.1 Å². The van der Waals surface area contributed by atoms with Gasteiger partial charge in [0.25, 0.3) is 0 Å². The van der Waals surface area contributed by atoms with Gasteiger partial charge in [-0.15, -0.1) is 0 Å². The van der Waals surface area contributed by atoms with E-state index in [1.165, 1.54) is 0 Å². The number of nitrogens with zero attached hydrogens (tertiary/aromatic N) is 2. The molecule has 1 aromatic heterocycles. The topological polar surface area (TPSA) is 51.0 Å². The second kappa shape index (κ2) is 5.75. The van der Waals surface area contributed by atoms with Gasteiger partial charge in [-0.05, 0) is 17.7 Å². The Morgan fingerprint density at radius 1 is 1.00 bits per heavy atom. The first-order valence-corrected chi connectivity index (χ1v) is 6.56. The number of hydrogen-bond donors (Lipinski definition) is 1. The predicted molar refractivity (Wildman–Crippen MR) is 78.5 cm³/mol. The van der Waals surface area contributed by atoms with E-state index in [1.54, 1.807) is 0 Å². The quantitative estimate of drug-likeness (QED) is 0.787. The van der Waals surface area contributed by atoms with E-state index in [4.69, 9.17) is 16.1 Å². The summed E-state index contributed by atoms with van der Waals surface area (Å²) >= 11 is 5.84. The first-order valence-electron chi connectivity index (χ1n) is 6.19. The lowest BCUT2D eigenvalue weighted by Crippen LogP contribution is -1.99. The zero-order valence-corrected chi connectivity index (χ0v) is 11.3. The smallest absolute Gasteiger partial charge is 0.322 e. The molecular formula is C15H12ClN3O. The summed E-state index contributed by atoms with van der Waals surface area (Å²) in [5.41, 5.74) is 2.02. The van der Waals surface area contributed by atoms with Gasteiger partial charge in [-0.3, -0.25) is 0 Å². The Kier molecular flexibility index (Phi) is 3.65. The Balaban J connectivity index is 1.67. The first kappa shape index (κ1) is 12.7. The van der Waals surface area contributed by atoms with E-state index >= 15 is 0 Å². The Labute approximate surface area is 121 Å². The maximum atomic E-state index is 5.84. The van der Waals surface area contributed by atoms with Gasteiger partial charge in [-0.1, -0.05) is 59.2 Å². The molecule has 4 nitrogen and oxygen atoms in total. The number of rotatable bonds is 4. The van der Waals surface area contributed by atoms with Crippen LogP contribution in [0.2, 0.25) is 5.02 Å². The molecule has 0 saturated heterocycles. The number of halogens is 1. The van der Waals surface area contributed by atoms with Crippen molar-refractivity contribution < 1.29 is 4.52 Å². The molecule has 1 heterocycles. The number of anilines is 1. The summed E-state index contributed by atoms with van der Waals surface area (Å²) in [5.74, 6) is 0.573. The molecule has 0 saturated carbocycles. The zero-order valence-electron chi connectivity index (χ0n) is 10.6. The van der Waals surface area contributed by atoms with Gasteiger partial charge in [-0.2, -0.15) is 4.98 Å². The molecule has 0 fully saturated rings. The monoisotopic (exact) mass is 285 g/mol. The first-order chi connectivity index (χ1) is 9.81. The van der Waals surface area contributed by atoms with E-state index in [9.17, 15) is 0 Å². The van der Waals surface area contributed by atoms with Crippen LogP contribution in [0.5, 0.6) is 0 Å². The molecule has 5 heteroatoms. The molecule has 0 aliphatic carbocycles. The maximum Gasteiger partial charge on any atom is 0.322 e. The van der Waals surface area contributed by atoms with Crippen LogP contribution in [0, 0.1) is 0 Å². The third kappa shape index (κ3) is 2.97. The molecule has 3 aromatic rings. The van der Waals surface area contributed by atoms with Crippen molar-refractivity contribution >= 4 is 17.6 Å². The lowest BCUT2D eigenvalue weighted by Gasteiger charge is -2.01. The second-order valence-corrected chi connectivity index (χ2v) is 4.71. The van der Waals surface area contributed by atoms with Gasteiger partial charge in [0.05, 0.1) is 0 Å². The summed E-state index contributed by atoms with van der Waals surface area (Å²) < 4.78 is 5.17. The van der Waals surface area contributed by atoms with Gasteiger partial charge >= 0.3 is 6.01 Å². The van der Waals surface area contributed by atoms with Gasteiger partial charge in [-0.25, -0.2) is 0 Å². The average Bonchev–Trinajstić information content (AvgIpc) is 2.97. The maximum absolute atomic E-state index is 5.84. The van der Waals surface area contributed by atoms with Gasteiger partial charge in [0.15, 0.2) is 0 Å². The van der Waals surface area contributed by atoms with Crippen LogP contribution in [0.1, 0.15) is 5.56 Å². The van der Waals surface area contributed by atoms with Crippen molar-refractivity contribution in [1.29, 1.82) is 0 Å². The molecule has 0 amide bonds. The summed E-state index contributed by atoms with van der Waals surface area (Å²) in [4.78, 5) is 4.30. The normalized spacial score (nSPS) is 10.4. The highest BCUT2D eigenvalue weighted by Crippen LogP contribution is 2.17. The number of aromatic nitrogens is 2. The molecule has 0 unspecified atom stereocenters. The Hall–Kier alpha value is -2.33. The minimum atomic E-state index is 0.402. The fraction of sp³-hybridized carbons (Fsp3) is 0.0667. The van der Waals surface area contributed by atoms with Crippen LogP contribution in [0.25, 0.3) is 11.4 Å². The second-order valence-electron chi connectivity index (χ2n) is 4.27. The Morgan fingerprint density at radius 3 is 2.50 bits per heavy atom. The molecule has 1 N–H and O–H groups in total. The Bertz CT molecular complexity index is 680. The molecule has 0 spiro atoms. The number of nitrogens with one attached hydrogen (secondary N) is 1. The highest BCUT2D eigenvalue weighted by Gasteiger charge is 2.07. The highest BCUT2D eigenvalue weighted by molar-refractivity contribution is 6.30. The molecule has 3 rings (SSSR count). The summed E-state index contributed by atoms with van der Waals surface area (Å²) in [6.45, 7) is 0.605. The van der Waals surface area contributed by atoms with Crippen LogP contribution in [-0.2, 0) is 6.54 Å². The van der Waals surface area contributed by atoms with Crippen molar-refractivity contribution in [2.45, 2.75) is 6.54 Å². The average molecular weight is 286 g/mol. The molecule has 0 atom stereocenters. The van der Waals surface area contributed by atoms with Crippen molar-refractivity contribution in [3.8, 4) is 11.4 Å². The van der Waals surface area contributed by atoms with Crippen LogP contribution < -0.4 is 5.32 Å². The summed E-state index contributed by atoms with van der Waals surface area (Å²) in [7, 11) is 0. The van der Waals surface area contributed by atoms with Crippen LogP contribution in [0.4, 0.5) is 6.01 Å². The molecule has 0 bridgehead atoms. The van der Waals surface area contributed by atoms with Crippen molar-refractivity contribution in [3.05, 3.63) is 65.2 Å². The highest BCUT2D eigenvalue weighted by atomic mass is 35.5. The molecule has 2 aromatic carbocycles. The lowest BCUT2D eigenvalue weighted by molar-refractivity contribution is 0.432. The van der Waals surface area contributed by atoms with Crippen molar-refractivity contribution in [2.75, 3.05) is 5.32 Å². The zero-order chi connectivity index (χ0) is 13.8. The summed E-state index contributed by atoms with van der Waals surface area (Å²) in [6, 6.07) is 17.7. The van der Waals surface area contributed by atoms with Crippen molar-refractivity contribution in [2.24, 2.45) is 0 Å². The minimum absolute atomic E-state index is 0.402. The number of hydrogen-bond acceptors (Lipinski definition) is 4. The molecule has 0 aliphatic heterocycles. The fourth-order valence-corrected chi connectivity index (χ4v) is 1.91. The number of benzene rings is 2. The van der Waals surface area contributed by atoms with E-state index in [-0.39, 0.29) is 0 Å². The van der Waals surface area contributed by atoms with Crippen LogP contribution >= 0.6 is 11.6 Å². The van der Waals surface area contributed by atoms with E-state index in [0.717, 1.165) is 16.1 Å². The summed E-state index contributed by atoms with van der Waals surface area (Å²) in [6.07, 6.45) is 0. The molecular weight excluding hydrogens is 274 g/mol. The summed E-state index contributed by atoms with van der Waals surface area (Å²) in [5, 5.41) is 7.75. The van der Waals surface area contributed by atoms with Crippen LogP contribution in [0.15, 0.2) is 59.1 Å². The predicted octanol–water partition coefficient (Wildman–Crippen LogP) is 4.00. The van der Waals surface area contributed by atoms with Gasteiger partial charge in [0.1, 0.15) is 0 Å². The third-order valence-corrected chi connectivity index (χ3v) is 3.07.